The Morgan fingerprint density at radius 2 is 1.64 bits per heavy atom. The van der Waals surface area contributed by atoms with Crippen LogP contribution in [0.3, 0.4) is 0 Å². The van der Waals surface area contributed by atoms with E-state index < -0.39 is 16.8 Å². The number of methoxy groups -OCH3 is 1. The van der Waals surface area contributed by atoms with Crippen molar-refractivity contribution < 1.29 is 24.0 Å². The number of nitrogens with one attached hydrogen (secondary N) is 1. The molecule has 3 rings (SSSR count). The lowest BCUT2D eigenvalue weighted by molar-refractivity contribution is -0.384. The maximum absolute atomic E-state index is 12.1. The summed E-state index contributed by atoms with van der Waals surface area (Å²) in [6, 6.07) is 19.0. The molecule has 0 heterocycles. The van der Waals surface area contributed by atoms with Crippen LogP contribution in [-0.2, 0) is 4.79 Å². The number of amides is 1. The number of hydrogen-bond acceptors (Lipinski definition) is 7. The Labute approximate surface area is 189 Å². The number of esters is 1. The van der Waals surface area contributed by atoms with E-state index in [-0.39, 0.29) is 11.3 Å². The smallest absolute Gasteiger partial charge is 0.336 e. The van der Waals surface area contributed by atoms with Gasteiger partial charge in [0.05, 0.1) is 18.2 Å². The quantitative estimate of drug-likeness (QED) is 0.140. The zero-order valence-electron chi connectivity index (χ0n) is 17.5. The van der Waals surface area contributed by atoms with Gasteiger partial charge in [-0.3, -0.25) is 14.9 Å². The molecular formula is C24H19N3O6. The maximum atomic E-state index is 12.1. The number of hydrazone groups is 1. The van der Waals surface area contributed by atoms with E-state index in [0.29, 0.717) is 11.3 Å². The Morgan fingerprint density at radius 1 is 0.970 bits per heavy atom. The average molecular weight is 445 g/mol. The lowest BCUT2D eigenvalue weighted by Gasteiger charge is -2.02. The second kappa shape index (κ2) is 11.0. The molecule has 0 atom stereocenters. The fourth-order valence-electron chi connectivity index (χ4n) is 2.64. The number of benzene rings is 3. The van der Waals surface area contributed by atoms with Crippen molar-refractivity contribution in [1.29, 1.82) is 0 Å². The molecule has 0 bridgehead atoms. The van der Waals surface area contributed by atoms with Crippen molar-refractivity contribution in [3.63, 3.8) is 0 Å². The Kier molecular flexibility index (Phi) is 7.63. The lowest BCUT2D eigenvalue weighted by atomic mass is 10.2. The van der Waals surface area contributed by atoms with E-state index in [0.717, 1.165) is 17.4 Å². The van der Waals surface area contributed by atoms with Crippen LogP contribution in [0.2, 0.25) is 0 Å². The van der Waals surface area contributed by atoms with Crippen LogP contribution >= 0.6 is 0 Å². The molecule has 9 nitrogen and oxygen atoms in total. The van der Waals surface area contributed by atoms with Crippen molar-refractivity contribution in [2.24, 2.45) is 5.10 Å². The Hall–Kier alpha value is -4.79. The van der Waals surface area contributed by atoms with E-state index in [2.05, 4.69) is 10.5 Å². The first kappa shape index (κ1) is 22.9. The van der Waals surface area contributed by atoms with Crippen molar-refractivity contribution in [3.05, 3.63) is 106 Å². The van der Waals surface area contributed by atoms with Gasteiger partial charge in [0.1, 0.15) is 11.5 Å². The molecule has 0 saturated carbocycles. The van der Waals surface area contributed by atoms with Gasteiger partial charge in [-0.15, -0.1) is 0 Å². The van der Waals surface area contributed by atoms with Gasteiger partial charge in [0.15, 0.2) is 0 Å². The van der Waals surface area contributed by atoms with Gasteiger partial charge in [0.2, 0.25) is 0 Å². The summed E-state index contributed by atoms with van der Waals surface area (Å²) in [5.74, 6) is -0.0419. The first-order chi connectivity index (χ1) is 15.9. The average Bonchev–Trinajstić information content (AvgIpc) is 2.84. The largest absolute Gasteiger partial charge is 0.497 e. The molecule has 9 heteroatoms. The number of nitro groups is 1. The van der Waals surface area contributed by atoms with Crippen LogP contribution in [0.1, 0.15) is 21.5 Å². The topological polar surface area (TPSA) is 120 Å². The second-order valence-corrected chi connectivity index (χ2v) is 6.60. The Bertz CT molecular complexity index is 1200. The minimum Gasteiger partial charge on any atom is -0.497 e. The Balaban J connectivity index is 1.52. The van der Waals surface area contributed by atoms with Gasteiger partial charge < -0.3 is 9.47 Å². The predicted molar refractivity (Wildman–Crippen MR) is 122 cm³/mol. The van der Waals surface area contributed by atoms with E-state index in [1.807, 2.05) is 12.1 Å². The third-order valence-electron chi connectivity index (χ3n) is 4.33. The molecule has 0 aliphatic rings. The third-order valence-corrected chi connectivity index (χ3v) is 4.33. The van der Waals surface area contributed by atoms with Gasteiger partial charge in [-0.2, -0.15) is 5.10 Å². The van der Waals surface area contributed by atoms with Gasteiger partial charge in [0.25, 0.3) is 11.6 Å². The molecule has 0 aliphatic heterocycles. The minimum absolute atomic E-state index is 0.117. The number of ether oxygens (including phenoxy) is 2. The summed E-state index contributed by atoms with van der Waals surface area (Å²) >= 11 is 0. The monoisotopic (exact) mass is 445 g/mol. The van der Waals surface area contributed by atoms with E-state index in [4.69, 9.17) is 9.47 Å². The molecule has 33 heavy (non-hydrogen) atoms. The van der Waals surface area contributed by atoms with Crippen LogP contribution in [0.25, 0.3) is 6.08 Å². The number of non-ortho nitro benzene ring substituents is 1. The Morgan fingerprint density at radius 3 is 2.30 bits per heavy atom. The lowest BCUT2D eigenvalue weighted by Crippen LogP contribution is -2.17. The molecule has 0 aromatic heterocycles. The van der Waals surface area contributed by atoms with Gasteiger partial charge in [-0.05, 0) is 59.7 Å². The summed E-state index contributed by atoms with van der Waals surface area (Å²) in [7, 11) is 1.58. The van der Waals surface area contributed by atoms with Crippen LogP contribution in [0.5, 0.6) is 11.5 Å². The molecule has 0 radical (unpaired) electrons. The summed E-state index contributed by atoms with van der Waals surface area (Å²) in [5, 5.41) is 14.6. The van der Waals surface area contributed by atoms with Gasteiger partial charge in [-0.25, -0.2) is 10.2 Å². The van der Waals surface area contributed by atoms with Crippen LogP contribution < -0.4 is 14.9 Å². The molecule has 0 saturated heterocycles. The number of carbonyl (C=O) groups excluding carboxylic acids is 2. The molecule has 0 spiro atoms. The normalized spacial score (nSPS) is 10.8. The van der Waals surface area contributed by atoms with E-state index in [9.17, 15) is 19.7 Å². The van der Waals surface area contributed by atoms with E-state index in [1.54, 1.807) is 49.6 Å². The zero-order chi connectivity index (χ0) is 23.6. The molecule has 0 fully saturated rings. The number of nitro benzene ring substituents is 1. The number of nitrogens with zero attached hydrogens (tertiary/aromatic N) is 2. The molecule has 3 aromatic rings. The van der Waals surface area contributed by atoms with E-state index >= 15 is 0 Å². The van der Waals surface area contributed by atoms with Crippen molar-refractivity contribution in [3.8, 4) is 11.5 Å². The maximum Gasteiger partial charge on any atom is 0.336 e. The molecular weight excluding hydrogens is 426 g/mol. The fourth-order valence-corrected chi connectivity index (χ4v) is 2.64. The highest BCUT2D eigenvalue weighted by Gasteiger charge is 2.10. The van der Waals surface area contributed by atoms with Gasteiger partial charge >= 0.3 is 5.97 Å². The summed E-state index contributed by atoms with van der Waals surface area (Å²) in [6.07, 6.45) is 4.35. The second-order valence-electron chi connectivity index (χ2n) is 6.60. The molecule has 1 amide bonds. The number of hydrogen-bond donors (Lipinski definition) is 1. The number of carbonyl (C=O) groups is 2. The van der Waals surface area contributed by atoms with Gasteiger partial charge in [-0.1, -0.05) is 18.2 Å². The van der Waals surface area contributed by atoms with Gasteiger partial charge in [0, 0.05) is 23.8 Å². The first-order valence-corrected chi connectivity index (χ1v) is 9.66. The molecule has 166 valence electrons. The zero-order valence-corrected chi connectivity index (χ0v) is 17.5. The summed E-state index contributed by atoms with van der Waals surface area (Å²) < 4.78 is 10.3. The minimum atomic E-state index is -0.580. The van der Waals surface area contributed by atoms with Crippen molar-refractivity contribution in [1.82, 2.24) is 5.43 Å². The van der Waals surface area contributed by atoms with Crippen LogP contribution in [0.4, 0.5) is 5.69 Å². The molecule has 0 unspecified atom stereocenters. The highest BCUT2D eigenvalue weighted by atomic mass is 16.6. The van der Waals surface area contributed by atoms with E-state index in [1.165, 1.54) is 30.5 Å². The highest BCUT2D eigenvalue weighted by molar-refractivity contribution is 5.95. The first-order valence-electron chi connectivity index (χ1n) is 9.66. The molecule has 0 aliphatic carbocycles. The van der Waals surface area contributed by atoms with Crippen LogP contribution in [0, 0.1) is 10.1 Å². The van der Waals surface area contributed by atoms with Crippen LogP contribution in [0.15, 0.2) is 84.0 Å². The summed E-state index contributed by atoms with van der Waals surface area (Å²) in [4.78, 5) is 34.3. The third kappa shape index (κ3) is 6.86. The summed E-state index contributed by atoms with van der Waals surface area (Å²) in [6.45, 7) is 0. The SMILES string of the molecule is COc1ccc(/C=C/C(=O)Oc2ccc(/C=N/NC(=O)c3cccc([N+](=O)[O-])c3)cc2)cc1. The predicted octanol–water partition coefficient (Wildman–Crippen LogP) is 3.99. The summed E-state index contributed by atoms with van der Waals surface area (Å²) in [5.41, 5.74) is 3.70. The highest BCUT2D eigenvalue weighted by Crippen LogP contribution is 2.15. The van der Waals surface area contributed by atoms with Crippen molar-refractivity contribution in [2.45, 2.75) is 0 Å². The van der Waals surface area contributed by atoms with Crippen molar-refractivity contribution >= 4 is 29.9 Å². The fraction of sp³-hybridized carbons (Fsp3) is 0.0417. The molecule has 3 aromatic carbocycles. The van der Waals surface area contributed by atoms with Crippen LogP contribution in [-0.4, -0.2) is 30.1 Å². The standard InChI is InChI=1S/C24H19N3O6/c1-32-21-10-5-17(6-11-21)9-14-23(28)33-22-12-7-18(8-13-22)16-25-26-24(29)19-3-2-4-20(15-19)27(30)31/h2-16H,1H3,(H,26,29)/b14-9+,25-16+. The number of rotatable bonds is 8. The van der Waals surface area contributed by atoms with Crippen molar-refractivity contribution in [2.75, 3.05) is 7.11 Å². The molecule has 1 N–H and O–H groups in total.